The fraction of sp³-hybridized carbons (Fsp3) is 0.625. The van der Waals surface area contributed by atoms with Gasteiger partial charge in [0.2, 0.25) is 17.4 Å². The Morgan fingerprint density at radius 2 is 1.87 bits per heavy atom. The van der Waals surface area contributed by atoms with Crippen molar-refractivity contribution in [1.29, 1.82) is 0 Å². The number of aliphatic hydroxyl groups excluding tert-OH is 1. The lowest BCUT2D eigenvalue weighted by Crippen LogP contribution is -3.00. The third-order valence-electron chi connectivity index (χ3n) is 8.08. The maximum atomic E-state index is 13.9. The van der Waals surface area contributed by atoms with Crippen molar-refractivity contribution in [3.05, 3.63) is 29.3 Å². The molecule has 7 nitrogen and oxygen atoms in total. The Labute approximate surface area is 182 Å². The van der Waals surface area contributed by atoms with Gasteiger partial charge in [0.25, 0.3) is 5.91 Å². The van der Waals surface area contributed by atoms with Crippen LogP contribution in [0.15, 0.2) is 18.2 Å². The van der Waals surface area contributed by atoms with Gasteiger partial charge in [-0.2, -0.15) is 0 Å². The van der Waals surface area contributed by atoms with Gasteiger partial charge in [0.05, 0.1) is 5.69 Å². The number of hydrogen-bond donors (Lipinski definition) is 3. The standard InChI is InChI=1S/C24H31N3O4/c1-3-14-9-8-12-16-20(14)25-23(31)24(16)18-17(19(26-24)13(2)28)21(29)27(22(18)30)15-10-6-4-5-7-11-15/h8-9,12-13,15,17-19,26,28H,3-7,10-11H2,1-2H3,(H,25,31)/p+1/t13-,17+,18+,19+,24+/m1/s1. The zero-order valence-electron chi connectivity index (χ0n) is 18.3. The van der Waals surface area contributed by atoms with E-state index in [1.165, 1.54) is 4.90 Å². The minimum atomic E-state index is -1.20. The topological polar surface area (TPSA) is 103 Å². The van der Waals surface area contributed by atoms with E-state index in [-0.39, 0.29) is 23.8 Å². The number of rotatable bonds is 3. The predicted molar refractivity (Wildman–Crippen MR) is 114 cm³/mol. The number of imide groups is 1. The van der Waals surface area contributed by atoms with Gasteiger partial charge in [-0.3, -0.25) is 19.3 Å². The average molecular weight is 427 g/mol. The highest BCUT2D eigenvalue weighted by atomic mass is 16.3. The molecule has 5 atom stereocenters. The molecule has 3 amide bonds. The van der Waals surface area contributed by atoms with Gasteiger partial charge < -0.3 is 15.7 Å². The first-order valence-corrected chi connectivity index (χ1v) is 11.8. The maximum Gasteiger partial charge on any atom is 0.291 e. The summed E-state index contributed by atoms with van der Waals surface area (Å²) >= 11 is 0. The summed E-state index contributed by atoms with van der Waals surface area (Å²) < 4.78 is 0. The Morgan fingerprint density at radius 3 is 2.52 bits per heavy atom. The summed E-state index contributed by atoms with van der Waals surface area (Å²) in [6.07, 6.45) is 5.88. The molecule has 4 aliphatic rings. The normalized spacial score (nSPS) is 34.1. The summed E-state index contributed by atoms with van der Waals surface area (Å²) in [6.45, 7) is 3.68. The molecule has 1 saturated carbocycles. The molecule has 3 aliphatic heterocycles. The van der Waals surface area contributed by atoms with Crippen molar-refractivity contribution in [2.24, 2.45) is 11.8 Å². The molecule has 3 heterocycles. The van der Waals surface area contributed by atoms with E-state index in [0.717, 1.165) is 61.8 Å². The van der Waals surface area contributed by atoms with Crippen LogP contribution in [0.2, 0.25) is 0 Å². The van der Waals surface area contributed by atoms with Crippen LogP contribution in [-0.4, -0.2) is 45.9 Å². The first kappa shape index (κ1) is 20.6. The molecule has 0 unspecified atom stereocenters. The lowest BCUT2D eigenvalue weighted by Gasteiger charge is -2.30. The Kier molecular flexibility index (Phi) is 4.94. The molecule has 7 heteroatoms. The number of carbonyl (C=O) groups is 3. The molecular weight excluding hydrogens is 394 g/mol. The Bertz CT molecular complexity index is 937. The molecule has 1 aromatic rings. The Morgan fingerprint density at radius 1 is 1.16 bits per heavy atom. The summed E-state index contributed by atoms with van der Waals surface area (Å²) in [4.78, 5) is 42.5. The quantitative estimate of drug-likeness (QED) is 0.496. The third kappa shape index (κ3) is 2.75. The average Bonchev–Trinajstić information content (AvgIpc) is 3.23. The number of likely N-dealkylation sites (tertiary alicyclic amines) is 1. The highest BCUT2D eigenvalue weighted by molar-refractivity contribution is 6.14. The van der Waals surface area contributed by atoms with Crippen molar-refractivity contribution in [3.8, 4) is 0 Å². The molecule has 0 radical (unpaired) electrons. The van der Waals surface area contributed by atoms with Crippen molar-refractivity contribution in [2.75, 3.05) is 5.32 Å². The number of anilines is 1. The Hall–Kier alpha value is -2.25. The molecule has 3 fully saturated rings. The minimum absolute atomic E-state index is 0.0919. The molecule has 2 saturated heterocycles. The molecule has 5 rings (SSSR count). The predicted octanol–water partition coefficient (Wildman–Crippen LogP) is 1.05. The number of nitrogens with one attached hydrogen (secondary N) is 1. The van der Waals surface area contributed by atoms with E-state index in [1.54, 1.807) is 6.92 Å². The van der Waals surface area contributed by atoms with Gasteiger partial charge in [-0.1, -0.05) is 50.8 Å². The SMILES string of the molecule is CCc1cccc2c1NC(=O)[C@]21[NH2+][C@@H]([C@@H](C)O)[C@H]2C(=O)N(C3CCCCCC3)C(=O)[C@H]21. The molecule has 31 heavy (non-hydrogen) atoms. The number of aliphatic hydroxyl groups is 1. The number of benzene rings is 1. The van der Waals surface area contributed by atoms with Gasteiger partial charge in [-0.05, 0) is 31.7 Å². The summed E-state index contributed by atoms with van der Waals surface area (Å²) in [5.41, 5.74) is 1.37. The number of nitrogens with two attached hydrogens (primary N) is 1. The third-order valence-corrected chi connectivity index (χ3v) is 8.08. The van der Waals surface area contributed by atoms with Crippen LogP contribution < -0.4 is 10.6 Å². The number of carbonyl (C=O) groups excluding carboxylic acids is 3. The van der Waals surface area contributed by atoms with Gasteiger partial charge >= 0.3 is 0 Å². The number of fused-ring (bicyclic) bond motifs is 4. The van der Waals surface area contributed by atoms with Crippen molar-refractivity contribution in [2.45, 2.75) is 82.5 Å². The van der Waals surface area contributed by atoms with Crippen molar-refractivity contribution < 1.29 is 24.8 Å². The van der Waals surface area contributed by atoms with Gasteiger partial charge in [-0.15, -0.1) is 0 Å². The molecule has 1 spiro atoms. The number of hydrogen-bond acceptors (Lipinski definition) is 4. The van der Waals surface area contributed by atoms with Crippen molar-refractivity contribution >= 4 is 23.4 Å². The zero-order valence-corrected chi connectivity index (χ0v) is 18.3. The van der Waals surface area contributed by atoms with E-state index < -0.39 is 29.5 Å². The van der Waals surface area contributed by atoms with Crippen LogP contribution >= 0.6 is 0 Å². The van der Waals surface area contributed by atoms with Crippen LogP contribution in [0.4, 0.5) is 5.69 Å². The maximum absolute atomic E-state index is 13.9. The van der Waals surface area contributed by atoms with Gasteiger partial charge in [0.15, 0.2) is 0 Å². The second-order valence-corrected chi connectivity index (χ2v) is 9.70. The molecule has 1 aromatic carbocycles. The summed E-state index contributed by atoms with van der Waals surface area (Å²) in [5, 5.41) is 15.4. The van der Waals surface area contributed by atoms with Gasteiger partial charge in [0.1, 0.15) is 24.0 Å². The largest absolute Gasteiger partial charge is 0.387 e. The highest BCUT2D eigenvalue weighted by Gasteiger charge is 2.75. The summed E-state index contributed by atoms with van der Waals surface area (Å²) in [6, 6.07) is 5.18. The minimum Gasteiger partial charge on any atom is -0.387 e. The number of quaternary nitrogens is 1. The molecule has 0 bridgehead atoms. The van der Waals surface area contributed by atoms with Crippen LogP contribution in [-0.2, 0) is 26.3 Å². The fourth-order valence-electron chi connectivity index (χ4n) is 6.61. The van der Waals surface area contributed by atoms with Crippen LogP contribution in [0.1, 0.15) is 63.5 Å². The van der Waals surface area contributed by atoms with Crippen molar-refractivity contribution in [3.63, 3.8) is 0 Å². The van der Waals surface area contributed by atoms with E-state index in [4.69, 9.17) is 0 Å². The summed E-state index contributed by atoms with van der Waals surface area (Å²) in [7, 11) is 0. The van der Waals surface area contributed by atoms with E-state index in [9.17, 15) is 19.5 Å². The van der Waals surface area contributed by atoms with Crippen LogP contribution in [0, 0.1) is 11.8 Å². The lowest BCUT2D eigenvalue weighted by atomic mass is 9.76. The van der Waals surface area contributed by atoms with E-state index >= 15 is 0 Å². The van der Waals surface area contributed by atoms with E-state index in [0.29, 0.717) is 0 Å². The summed E-state index contributed by atoms with van der Waals surface area (Å²) in [5.74, 6) is -2.14. The number of nitrogens with zero attached hydrogens (tertiary/aromatic N) is 1. The fourth-order valence-corrected chi connectivity index (χ4v) is 6.61. The number of para-hydroxylation sites is 1. The molecule has 166 valence electrons. The number of amides is 3. The smallest absolute Gasteiger partial charge is 0.291 e. The van der Waals surface area contributed by atoms with Crippen molar-refractivity contribution in [1.82, 2.24) is 4.90 Å². The first-order valence-electron chi connectivity index (χ1n) is 11.8. The lowest BCUT2D eigenvalue weighted by molar-refractivity contribution is -0.738. The monoisotopic (exact) mass is 426 g/mol. The first-order chi connectivity index (χ1) is 14.9. The second kappa shape index (κ2) is 7.41. The molecule has 0 aromatic heterocycles. The van der Waals surface area contributed by atoms with Crippen LogP contribution in [0.3, 0.4) is 0 Å². The van der Waals surface area contributed by atoms with Gasteiger partial charge in [-0.25, -0.2) is 0 Å². The molecule has 4 N–H and O–H groups in total. The molecular formula is C24H32N3O4+. The molecule has 1 aliphatic carbocycles. The second-order valence-electron chi connectivity index (χ2n) is 9.70. The van der Waals surface area contributed by atoms with Crippen LogP contribution in [0.25, 0.3) is 0 Å². The van der Waals surface area contributed by atoms with Crippen LogP contribution in [0.5, 0.6) is 0 Å². The highest BCUT2D eigenvalue weighted by Crippen LogP contribution is 2.51. The van der Waals surface area contributed by atoms with E-state index in [2.05, 4.69) is 5.32 Å². The van der Waals surface area contributed by atoms with E-state index in [1.807, 2.05) is 30.4 Å². The zero-order chi connectivity index (χ0) is 21.9. The number of aryl methyl sites for hydroxylation is 1. The Balaban J connectivity index is 1.63. The van der Waals surface area contributed by atoms with Gasteiger partial charge in [0, 0.05) is 11.6 Å².